The Balaban J connectivity index is 1.32. The van der Waals surface area contributed by atoms with Gasteiger partial charge in [0.1, 0.15) is 12.4 Å². The average molecular weight is 537 g/mol. The first kappa shape index (κ1) is 24.2. The minimum Gasteiger partial charge on any atom is -0.379 e. The number of tetrazole rings is 1. The van der Waals surface area contributed by atoms with E-state index in [1.165, 1.54) is 35.2 Å². The number of rotatable bonds is 5. The van der Waals surface area contributed by atoms with E-state index in [9.17, 15) is 9.59 Å². The molecule has 2 aliphatic heterocycles. The Kier molecular flexibility index (Phi) is 5.92. The van der Waals surface area contributed by atoms with E-state index in [4.69, 9.17) is 16.3 Å². The third kappa shape index (κ3) is 4.02. The lowest BCUT2D eigenvalue weighted by Gasteiger charge is -2.34. The number of benzene rings is 2. The van der Waals surface area contributed by atoms with Crippen LogP contribution in [0.1, 0.15) is 18.4 Å². The molecule has 38 heavy (non-hydrogen) atoms. The smallest absolute Gasteiger partial charge is 0.247 e. The number of halogens is 2. The maximum atomic E-state index is 15.4. The number of anilines is 1. The van der Waals surface area contributed by atoms with E-state index >= 15 is 4.39 Å². The summed E-state index contributed by atoms with van der Waals surface area (Å²) < 4.78 is 24.1. The first-order valence-electron chi connectivity index (χ1n) is 11.9. The molecule has 194 valence electrons. The summed E-state index contributed by atoms with van der Waals surface area (Å²) in [5.41, 5.74) is 2.30. The van der Waals surface area contributed by atoms with Crippen molar-refractivity contribution < 1.29 is 18.7 Å². The third-order valence-corrected chi connectivity index (χ3v) is 7.33. The van der Waals surface area contributed by atoms with E-state index in [1.54, 1.807) is 16.8 Å². The van der Waals surface area contributed by atoms with Crippen LogP contribution >= 0.6 is 11.6 Å². The molecule has 2 aromatic carbocycles. The summed E-state index contributed by atoms with van der Waals surface area (Å²) in [7, 11) is 3.36. The lowest BCUT2D eigenvalue weighted by molar-refractivity contribution is -0.135. The van der Waals surface area contributed by atoms with Crippen LogP contribution in [0.4, 0.5) is 10.1 Å². The summed E-state index contributed by atoms with van der Waals surface area (Å²) in [6.07, 6.45) is 4.66. The lowest BCUT2D eigenvalue weighted by atomic mass is 9.91. The van der Waals surface area contributed by atoms with Crippen molar-refractivity contribution in [2.24, 2.45) is 7.05 Å². The molecule has 2 aliphatic rings. The Morgan fingerprint density at radius 1 is 1.26 bits per heavy atom. The lowest BCUT2D eigenvalue weighted by Crippen LogP contribution is -2.49. The van der Waals surface area contributed by atoms with Crippen LogP contribution in [0, 0.1) is 5.82 Å². The van der Waals surface area contributed by atoms with Crippen LogP contribution in [0.5, 0.6) is 0 Å². The summed E-state index contributed by atoms with van der Waals surface area (Å²) in [6, 6.07) is 7.18. The predicted molar refractivity (Wildman–Crippen MR) is 136 cm³/mol. The van der Waals surface area contributed by atoms with Crippen LogP contribution in [-0.2, 0) is 21.4 Å². The fourth-order valence-electron chi connectivity index (χ4n) is 5.38. The van der Waals surface area contributed by atoms with Crippen molar-refractivity contribution in [1.82, 2.24) is 34.9 Å². The summed E-state index contributed by atoms with van der Waals surface area (Å²) in [5, 5.41) is 19.2. The van der Waals surface area contributed by atoms with Gasteiger partial charge >= 0.3 is 0 Å². The number of fused-ring (bicyclic) bond motifs is 2. The molecule has 13 heteroatoms. The summed E-state index contributed by atoms with van der Waals surface area (Å²) in [6.45, 7) is 0. The molecule has 4 aromatic rings. The van der Waals surface area contributed by atoms with Crippen molar-refractivity contribution >= 4 is 45.6 Å². The summed E-state index contributed by atoms with van der Waals surface area (Å²) >= 11 is 6.11. The molecule has 1 N–H and O–H groups in total. The summed E-state index contributed by atoms with van der Waals surface area (Å²) in [5.74, 6) is -1.42. The van der Waals surface area contributed by atoms with E-state index in [0.717, 1.165) is 10.9 Å². The van der Waals surface area contributed by atoms with Gasteiger partial charge in [0.25, 0.3) is 0 Å². The highest BCUT2D eigenvalue weighted by atomic mass is 35.5. The van der Waals surface area contributed by atoms with Gasteiger partial charge in [-0.1, -0.05) is 11.6 Å². The van der Waals surface area contributed by atoms with Gasteiger partial charge in [-0.05, 0) is 52.8 Å². The maximum Gasteiger partial charge on any atom is 0.247 e. The van der Waals surface area contributed by atoms with E-state index in [-0.39, 0.29) is 22.9 Å². The Morgan fingerprint density at radius 3 is 2.87 bits per heavy atom. The zero-order valence-electron chi connectivity index (χ0n) is 20.4. The number of aryl methyl sites for hydroxylation is 1. The number of carbonyl (C=O) groups is 2. The molecule has 3 atom stereocenters. The Labute approximate surface area is 220 Å². The topological polar surface area (TPSA) is 120 Å². The average Bonchev–Trinajstić information content (AvgIpc) is 3.63. The molecule has 0 spiro atoms. The van der Waals surface area contributed by atoms with Gasteiger partial charge in [0, 0.05) is 49.5 Å². The Hall–Kier alpha value is -4.16. The van der Waals surface area contributed by atoms with Crippen molar-refractivity contribution in [1.29, 1.82) is 0 Å². The maximum absolute atomic E-state index is 15.4. The Bertz CT molecular complexity index is 1600. The van der Waals surface area contributed by atoms with Crippen molar-refractivity contribution in [2.75, 3.05) is 12.4 Å². The number of aromatic nitrogens is 6. The first-order chi connectivity index (χ1) is 18.3. The first-order valence-corrected chi connectivity index (χ1v) is 12.2. The van der Waals surface area contributed by atoms with E-state index in [2.05, 4.69) is 25.9 Å². The monoisotopic (exact) mass is 536 g/mol. The van der Waals surface area contributed by atoms with E-state index < -0.39 is 29.9 Å². The van der Waals surface area contributed by atoms with Gasteiger partial charge in [-0.15, -0.1) is 5.10 Å². The second kappa shape index (κ2) is 9.30. The van der Waals surface area contributed by atoms with Crippen LogP contribution in [0.2, 0.25) is 5.02 Å². The zero-order valence-corrected chi connectivity index (χ0v) is 21.1. The molecule has 0 aliphatic carbocycles. The van der Waals surface area contributed by atoms with Crippen molar-refractivity contribution in [3.63, 3.8) is 0 Å². The van der Waals surface area contributed by atoms with Crippen LogP contribution in [0.25, 0.3) is 22.2 Å². The van der Waals surface area contributed by atoms with Gasteiger partial charge in [0.05, 0.1) is 28.4 Å². The molecule has 0 radical (unpaired) electrons. The van der Waals surface area contributed by atoms with E-state index in [1.807, 2.05) is 25.4 Å². The standard InChI is InChI=1S/C25H22ClFN8O3/c1-33-11-14-7-15(3-5-17(14)30-33)29-25(37)20-10-21(38-2)19-8-13(9-22(36)35(19)20)23-18(34-12-28-31-32-34)6-4-16(26)24(23)27/h3-7,9,11-12,19-21H,8,10H2,1-2H3,(H,29,37)/t19?,20-,21+/m0/s1. The van der Waals surface area contributed by atoms with Crippen molar-refractivity contribution in [3.05, 3.63) is 65.3 Å². The second-order valence-corrected chi connectivity index (χ2v) is 9.69. The van der Waals surface area contributed by atoms with Gasteiger partial charge in [-0.3, -0.25) is 14.3 Å². The van der Waals surface area contributed by atoms with Crippen molar-refractivity contribution in [2.45, 2.75) is 31.0 Å². The van der Waals surface area contributed by atoms with Gasteiger partial charge < -0.3 is 15.0 Å². The molecule has 0 saturated carbocycles. The fraction of sp³-hybridized carbons (Fsp3) is 0.280. The normalized spacial score (nSPS) is 21.1. The molecule has 6 rings (SSSR count). The summed E-state index contributed by atoms with van der Waals surface area (Å²) in [4.78, 5) is 28.4. The number of hydrogen-bond donors (Lipinski definition) is 1. The third-order valence-electron chi connectivity index (χ3n) is 7.04. The van der Waals surface area contributed by atoms with Crippen LogP contribution in [0.15, 0.2) is 48.9 Å². The quantitative estimate of drug-likeness (QED) is 0.416. The minimum atomic E-state index is -0.761. The molecular formula is C25H22ClFN8O3. The van der Waals surface area contributed by atoms with Crippen LogP contribution in [-0.4, -0.2) is 72.0 Å². The number of nitrogens with one attached hydrogen (secondary N) is 1. The van der Waals surface area contributed by atoms with Gasteiger partial charge in [-0.25, -0.2) is 4.39 Å². The zero-order chi connectivity index (χ0) is 26.6. The van der Waals surface area contributed by atoms with Gasteiger partial charge in [0.15, 0.2) is 5.82 Å². The molecule has 4 heterocycles. The largest absolute Gasteiger partial charge is 0.379 e. The molecular weight excluding hydrogens is 515 g/mol. The Morgan fingerprint density at radius 2 is 2.11 bits per heavy atom. The number of methoxy groups -OCH3 is 1. The van der Waals surface area contributed by atoms with Gasteiger partial charge in [-0.2, -0.15) is 9.78 Å². The highest BCUT2D eigenvalue weighted by Crippen LogP contribution is 2.41. The predicted octanol–water partition coefficient (Wildman–Crippen LogP) is 2.75. The van der Waals surface area contributed by atoms with Crippen molar-refractivity contribution in [3.8, 4) is 5.69 Å². The van der Waals surface area contributed by atoms with Gasteiger partial charge in [0.2, 0.25) is 11.8 Å². The number of ether oxygens (including phenoxy) is 1. The fourth-order valence-corrected chi connectivity index (χ4v) is 5.53. The van der Waals surface area contributed by atoms with Crippen LogP contribution < -0.4 is 5.32 Å². The van der Waals surface area contributed by atoms with E-state index in [0.29, 0.717) is 23.4 Å². The molecule has 2 aromatic heterocycles. The second-order valence-electron chi connectivity index (χ2n) is 9.29. The number of carbonyl (C=O) groups excluding carboxylic acids is 2. The number of hydrogen-bond acceptors (Lipinski definition) is 7. The SMILES string of the molecule is CO[C@@H]1C[C@@H](C(=O)Nc2ccc3nn(C)cc3c2)N2C(=O)C=C(c3c(-n4cnnn4)ccc(Cl)c3F)CC12. The highest BCUT2D eigenvalue weighted by molar-refractivity contribution is 6.31. The molecule has 11 nitrogen and oxygen atoms in total. The molecule has 1 saturated heterocycles. The number of amides is 2. The molecule has 0 bridgehead atoms. The van der Waals surface area contributed by atoms with Crippen LogP contribution in [0.3, 0.4) is 0 Å². The highest BCUT2D eigenvalue weighted by Gasteiger charge is 2.49. The molecule has 1 fully saturated rings. The molecule has 1 unspecified atom stereocenters. The number of nitrogens with zero attached hydrogens (tertiary/aromatic N) is 7. The molecule has 2 amide bonds. The minimum absolute atomic E-state index is 0.0924.